The molecule has 0 saturated heterocycles. The second-order valence-electron chi connectivity index (χ2n) is 8.24. The summed E-state index contributed by atoms with van der Waals surface area (Å²) >= 11 is 6.05. The highest BCUT2D eigenvalue weighted by Crippen LogP contribution is 2.25. The lowest BCUT2D eigenvalue weighted by Crippen LogP contribution is -2.47. The quantitative estimate of drug-likeness (QED) is 0.303. The first-order valence-electron chi connectivity index (χ1n) is 10.3. The maximum absolute atomic E-state index is 13.1. The van der Waals surface area contributed by atoms with Crippen LogP contribution in [0, 0.1) is 0 Å². The molecule has 8 heteroatoms. The van der Waals surface area contributed by atoms with Crippen molar-refractivity contribution in [3.63, 3.8) is 0 Å². The number of benzene rings is 2. The van der Waals surface area contributed by atoms with Crippen LogP contribution in [0.2, 0.25) is 5.02 Å². The van der Waals surface area contributed by atoms with Crippen molar-refractivity contribution in [1.29, 1.82) is 0 Å². The van der Waals surface area contributed by atoms with Gasteiger partial charge in [-0.05, 0) is 71.0 Å². The van der Waals surface area contributed by atoms with E-state index in [2.05, 4.69) is 0 Å². The number of ether oxygens (including phenoxy) is 3. The van der Waals surface area contributed by atoms with Gasteiger partial charge in [-0.25, -0.2) is 14.5 Å². The molecule has 2 rings (SSSR count). The van der Waals surface area contributed by atoms with Gasteiger partial charge in [-0.3, -0.25) is 4.79 Å². The Morgan fingerprint density at radius 3 is 2.27 bits per heavy atom. The van der Waals surface area contributed by atoms with Crippen molar-refractivity contribution in [1.82, 2.24) is 4.90 Å². The predicted octanol–water partition coefficient (Wildman–Crippen LogP) is 5.72. The lowest BCUT2D eigenvalue weighted by Gasteiger charge is -2.30. The highest BCUT2D eigenvalue weighted by molar-refractivity contribution is 6.30. The fourth-order valence-corrected chi connectivity index (χ4v) is 3.02. The summed E-state index contributed by atoms with van der Waals surface area (Å²) in [6, 6.07) is 13.2. The fourth-order valence-electron chi connectivity index (χ4n) is 2.84. The summed E-state index contributed by atoms with van der Waals surface area (Å²) in [4.78, 5) is 39.4. The Balaban J connectivity index is 2.29. The summed E-state index contributed by atoms with van der Waals surface area (Å²) in [5.41, 5.74) is 0.201. The summed E-state index contributed by atoms with van der Waals surface area (Å²) < 4.78 is 16.1. The molecule has 0 N–H and O–H groups in total. The van der Waals surface area contributed by atoms with Gasteiger partial charge >= 0.3 is 12.1 Å². The minimum Gasteiger partial charge on any atom is -0.496 e. The molecule has 0 aliphatic rings. The molecule has 0 radical (unpaired) electrons. The molecule has 0 saturated carbocycles. The van der Waals surface area contributed by atoms with Gasteiger partial charge in [0.15, 0.2) is 6.23 Å². The van der Waals surface area contributed by atoms with Gasteiger partial charge in [0.2, 0.25) is 0 Å². The molecule has 1 unspecified atom stereocenters. The van der Waals surface area contributed by atoms with E-state index in [9.17, 15) is 14.4 Å². The third kappa shape index (κ3) is 7.36. The molecule has 1 atom stereocenters. The van der Waals surface area contributed by atoms with E-state index < -0.39 is 29.8 Å². The Bertz CT molecular complexity index is 1040. The number of rotatable bonds is 6. The molecule has 7 nitrogen and oxygen atoms in total. The van der Waals surface area contributed by atoms with E-state index >= 15 is 0 Å². The van der Waals surface area contributed by atoms with Crippen LogP contribution >= 0.6 is 11.6 Å². The molecule has 2 amide bonds. The topological polar surface area (TPSA) is 82.1 Å². The first kappa shape index (κ1) is 25.9. The lowest BCUT2D eigenvalue weighted by atomic mass is 10.1. The highest BCUT2D eigenvalue weighted by atomic mass is 35.5. The molecule has 176 valence electrons. The Hall–Kier alpha value is -3.32. The number of hydrogen-bond acceptors (Lipinski definition) is 6. The van der Waals surface area contributed by atoms with E-state index in [0.29, 0.717) is 16.3 Å². The maximum Gasteiger partial charge on any atom is 0.420 e. The molecule has 2 aromatic carbocycles. The Kier molecular flexibility index (Phi) is 8.65. The van der Waals surface area contributed by atoms with Crippen molar-refractivity contribution >= 4 is 35.6 Å². The van der Waals surface area contributed by atoms with Crippen LogP contribution in [0.3, 0.4) is 0 Å². The number of nitrogens with zero attached hydrogens (tertiary/aromatic N) is 1. The van der Waals surface area contributed by atoms with Gasteiger partial charge in [0, 0.05) is 21.7 Å². The van der Waals surface area contributed by atoms with E-state index in [1.807, 2.05) is 0 Å². The third-order valence-electron chi connectivity index (χ3n) is 4.36. The van der Waals surface area contributed by atoms with E-state index in [1.165, 1.54) is 14.0 Å². The average molecular weight is 474 g/mol. The summed E-state index contributed by atoms with van der Waals surface area (Å²) in [6.07, 6.45) is -0.601. The number of methoxy groups -OCH3 is 1. The summed E-state index contributed by atoms with van der Waals surface area (Å²) in [6.45, 7) is 8.01. The highest BCUT2D eigenvalue weighted by Gasteiger charge is 2.34. The molecule has 0 aliphatic carbocycles. The van der Waals surface area contributed by atoms with Gasteiger partial charge in [-0.1, -0.05) is 29.8 Å². The average Bonchev–Trinajstić information content (AvgIpc) is 2.73. The van der Waals surface area contributed by atoms with Crippen molar-refractivity contribution < 1.29 is 28.6 Å². The van der Waals surface area contributed by atoms with Gasteiger partial charge in [0.05, 0.1) is 7.11 Å². The van der Waals surface area contributed by atoms with Crippen molar-refractivity contribution in [3.05, 3.63) is 70.3 Å². The molecule has 0 spiro atoms. The summed E-state index contributed by atoms with van der Waals surface area (Å²) in [5, 5.41) is 0.473. The number of carbonyl (C=O) groups is 3. The Morgan fingerprint density at radius 2 is 1.70 bits per heavy atom. The number of carbonyl (C=O) groups excluding carboxylic acids is 3. The van der Waals surface area contributed by atoms with Crippen molar-refractivity contribution in [2.75, 3.05) is 7.11 Å². The second-order valence-corrected chi connectivity index (χ2v) is 8.68. The first-order chi connectivity index (χ1) is 15.4. The molecular formula is C25H28ClNO6. The predicted molar refractivity (Wildman–Crippen MR) is 126 cm³/mol. The van der Waals surface area contributed by atoms with Crippen molar-refractivity contribution in [2.45, 2.75) is 46.4 Å². The Labute approximate surface area is 198 Å². The SMILES string of the molecule is COc1ccc(Cl)cc1C=C(C)C(=O)OC(C)N(C(=O)OC(C)(C)C)C(=O)c1ccccc1. The molecule has 0 aromatic heterocycles. The van der Waals surface area contributed by atoms with E-state index in [4.69, 9.17) is 25.8 Å². The van der Waals surface area contributed by atoms with Crippen LogP contribution in [0.4, 0.5) is 4.79 Å². The molecule has 33 heavy (non-hydrogen) atoms. The molecule has 0 aliphatic heterocycles. The minimum absolute atomic E-state index is 0.221. The molecular weight excluding hydrogens is 446 g/mol. The van der Waals surface area contributed by atoms with Crippen LogP contribution in [0.1, 0.15) is 50.5 Å². The zero-order valence-corrected chi connectivity index (χ0v) is 20.3. The standard InChI is InChI=1S/C25H28ClNO6/c1-16(14-19-15-20(26)12-13-21(19)31-6)23(29)32-17(2)27(24(30)33-25(3,4)5)22(28)18-10-8-7-9-11-18/h7-15,17H,1-6H3. The smallest absolute Gasteiger partial charge is 0.420 e. The van der Waals surface area contributed by atoms with Crippen molar-refractivity contribution in [3.8, 4) is 5.75 Å². The van der Waals surface area contributed by atoms with Crippen LogP contribution in [0.15, 0.2) is 54.1 Å². The largest absolute Gasteiger partial charge is 0.496 e. The molecule has 0 heterocycles. The van der Waals surface area contributed by atoms with E-state index in [0.717, 1.165) is 4.90 Å². The van der Waals surface area contributed by atoms with Gasteiger partial charge in [0.25, 0.3) is 5.91 Å². The van der Waals surface area contributed by atoms with Gasteiger partial charge in [-0.2, -0.15) is 0 Å². The summed E-state index contributed by atoms with van der Waals surface area (Å²) in [7, 11) is 1.50. The third-order valence-corrected chi connectivity index (χ3v) is 4.59. The van der Waals surface area contributed by atoms with E-state index in [1.54, 1.807) is 82.3 Å². The lowest BCUT2D eigenvalue weighted by molar-refractivity contribution is -0.149. The maximum atomic E-state index is 13.1. The van der Waals surface area contributed by atoms with Crippen LogP contribution in [-0.4, -0.2) is 41.8 Å². The fraction of sp³-hybridized carbons (Fsp3) is 0.320. The molecule has 2 aromatic rings. The molecule has 0 bridgehead atoms. The first-order valence-corrected chi connectivity index (χ1v) is 10.6. The molecule has 0 fully saturated rings. The van der Waals surface area contributed by atoms with Crippen LogP contribution in [0.5, 0.6) is 5.75 Å². The minimum atomic E-state index is -1.23. The zero-order valence-electron chi connectivity index (χ0n) is 19.5. The number of halogens is 1. The summed E-state index contributed by atoms with van der Waals surface area (Å²) in [5.74, 6) is -0.850. The van der Waals surface area contributed by atoms with Gasteiger partial charge < -0.3 is 14.2 Å². The zero-order chi connectivity index (χ0) is 24.8. The number of esters is 1. The number of amides is 2. The van der Waals surface area contributed by atoms with Crippen LogP contribution in [0.25, 0.3) is 6.08 Å². The van der Waals surface area contributed by atoms with Crippen molar-refractivity contribution in [2.24, 2.45) is 0 Å². The van der Waals surface area contributed by atoms with E-state index in [-0.39, 0.29) is 11.1 Å². The Morgan fingerprint density at radius 1 is 1.06 bits per heavy atom. The normalized spacial score (nSPS) is 12.5. The van der Waals surface area contributed by atoms with Gasteiger partial charge in [0.1, 0.15) is 11.4 Å². The second kappa shape index (κ2) is 11.0. The van der Waals surface area contributed by atoms with Crippen LogP contribution < -0.4 is 4.74 Å². The number of hydrogen-bond donors (Lipinski definition) is 0. The van der Waals surface area contributed by atoms with Crippen LogP contribution in [-0.2, 0) is 14.3 Å². The number of imide groups is 1. The van der Waals surface area contributed by atoms with Gasteiger partial charge in [-0.15, -0.1) is 0 Å². The monoisotopic (exact) mass is 473 g/mol.